The normalized spacial score (nSPS) is 21.8. The summed E-state index contributed by atoms with van der Waals surface area (Å²) >= 11 is 0. The Bertz CT molecular complexity index is 1210. The van der Waals surface area contributed by atoms with E-state index in [9.17, 15) is 14.7 Å². The maximum atomic E-state index is 12.5. The van der Waals surface area contributed by atoms with Crippen LogP contribution < -0.4 is 10.2 Å². The van der Waals surface area contributed by atoms with Gasteiger partial charge in [-0.25, -0.2) is 4.79 Å². The van der Waals surface area contributed by atoms with Crippen molar-refractivity contribution in [1.82, 2.24) is 14.3 Å². The van der Waals surface area contributed by atoms with Gasteiger partial charge < -0.3 is 19.1 Å². The van der Waals surface area contributed by atoms with Gasteiger partial charge in [0.2, 0.25) is 0 Å². The molecule has 0 saturated carbocycles. The van der Waals surface area contributed by atoms with E-state index in [2.05, 4.69) is 0 Å². The smallest absolute Gasteiger partial charge is 0.341 e. The highest BCUT2D eigenvalue weighted by Gasteiger charge is 2.50. The summed E-state index contributed by atoms with van der Waals surface area (Å²) in [6.07, 6.45) is 1.44. The van der Waals surface area contributed by atoms with Gasteiger partial charge in [-0.3, -0.25) is 9.48 Å². The molecule has 2 atom stereocenters. The third kappa shape index (κ3) is 2.06. The number of aromatic nitrogens is 3. The molecule has 1 fully saturated rings. The quantitative estimate of drug-likeness (QED) is 0.733. The number of carboxylic acids is 1. The predicted molar refractivity (Wildman–Crippen MR) is 101 cm³/mol. The first-order valence-corrected chi connectivity index (χ1v) is 9.02. The van der Waals surface area contributed by atoms with E-state index in [1.54, 1.807) is 7.11 Å². The second kappa shape index (κ2) is 5.45. The fourth-order valence-corrected chi connectivity index (χ4v) is 4.55. The van der Waals surface area contributed by atoms with Gasteiger partial charge in [-0.1, -0.05) is 12.1 Å². The molecule has 4 heterocycles. The highest BCUT2D eigenvalue weighted by molar-refractivity contribution is 5.97. The summed E-state index contributed by atoms with van der Waals surface area (Å²) in [5, 5.41) is 15.1. The van der Waals surface area contributed by atoms with Crippen LogP contribution in [0.2, 0.25) is 0 Å². The zero-order valence-electron chi connectivity index (χ0n) is 15.7. The van der Waals surface area contributed by atoms with Crippen molar-refractivity contribution >= 4 is 16.9 Å². The van der Waals surface area contributed by atoms with Crippen LogP contribution in [0.15, 0.2) is 35.3 Å². The van der Waals surface area contributed by atoms with Crippen molar-refractivity contribution in [2.75, 3.05) is 13.7 Å². The zero-order chi connectivity index (χ0) is 19.8. The predicted octanol–water partition coefficient (Wildman–Crippen LogP) is 2.48. The van der Waals surface area contributed by atoms with Crippen molar-refractivity contribution < 1.29 is 19.4 Å². The van der Waals surface area contributed by atoms with Crippen LogP contribution in [-0.2, 0) is 4.74 Å². The van der Waals surface area contributed by atoms with Gasteiger partial charge in [0.05, 0.1) is 42.8 Å². The van der Waals surface area contributed by atoms with Crippen molar-refractivity contribution in [3.8, 4) is 17.1 Å². The van der Waals surface area contributed by atoms with E-state index in [1.165, 1.54) is 12.3 Å². The van der Waals surface area contributed by atoms with Crippen molar-refractivity contribution in [3.05, 3.63) is 46.2 Å². The summed E-state index contributed by atoms with van der Waals surface area (Å²) in [5.74, 6) is -0.593. The number of benzene rings is 1. The second-order valence-corrected chi connectivity index (χ2v) is 7.73. The molecule has 0 aliphatic carbocycles. The first-order valence-electron chi connectivity index (χ1n) is 9.02. The number of ether oxygens (including phenoxy) is 2. The lowest BCUT2D eigenvalue weighted by Gasteiger charge is -2.37. The highest BCUT2D eigenvalue weighted by Crippen LogP contribution is 2.50. The molecular weight excluding hydrogens is 362 g/mol. The van der Waals surface area contributed by atoms with Crippen LogP contribution in [0.1, 0.15) is 36.3 Å². The molecule has 2 aliphatic heterocycles. The lowest BCUT2D eigenvalue weighted by atomic mass is 9.91. The van der Waals surface area contributed by atoms with E-state index in [4.69, 9.17) is 14.6 Å². The van der Waals surface area contributed by atoms with E-state index in [1.807, 2.05) is 41.3 Å². The van der Waals surface area contributed by atoms with Crippen molar-refractivity contribution in [1.29, 1.82) is 0 Å². The standard InChI is InChI=1S/C20H19N3O5/c1-20(2)18-13(9-28-20)23-17(10-5-4-6-15(27-3)16(10)21-23)12-7-14(24)11(19(25)26)8-22(12)18/h4-8,13,18H,9H2,1-3H3,(H,25,26)/t13-,18-/m0/s1. The minimum Gasteiger partial charge on any atom is -0.494 e. The van der Waals surface area contributed by atoms with Gasteiger partial charge in [0.25, 0.3) is 0 Å². The maximum absolute atomic E-state index is 12.5. The summed E-state index contributed by atoms with van der Waals surface area (Å²) in [7, 11) is 1.59. The Morgan fingerprint density at radius 3 is 2.89 bits per heavy atom. The number of hydrogen-bond donors (Lipinski definition) is 1. The fourth-order valence-electron chi connectivity index (χ4n) is 4.55. The Morgan fingerprint density at radius 2 is 2.18 bits per heavy atom. The Kier molecular flexibility index (Phi) is 3.31. The molecule has 2 aliphatic rings. The molecular formula is C20H19N3O5. The van der Waals surface area contributed by atoms with E-state index in [0.29, 0.717) is 23.6 Å². The van der Waals surface area contributed by atoms with Gasteiger partial charge in [0, 0.05) is 17.6 Å². The van der Waals surface area contributed by atoms with Crippen LogP contribution in [0.4, 0.5) is 0 Å². The number of aromatic carboxylic acids is 1. The number of rotatable bonds is 2. The molecule has 1 aromatic carbocycles. The van der Waals surface area contributed by atoms with Gasteiger partial charge in [0.1, 0.15) is 16.8 Å². The molecule has 0 radical (unpaired) electrons. The summed E-state index contributed by atoms with van der Waals surface area (Å²) in [6, 6.07) is 6.71. The summed E-state index contributed by atoms with van der Waals surface area (Å²) in [4.78, 5) is 24.1. The number of pyridine rings is 1. The largest absolute Gasteiger partial charge is 0.494 e. The monoisotopic (exact) mass is 381 g/mol. The summed E-state index contributed by atoms with van der Waals surface area (Å²) in [5.41, 5.74) is 0.768. The van der Waals surface area contributed by atoms with Crippen LogP contribution in [0.3, 0.4) is 0 Å². The number of methoxy groups -OCH3 is 1. The van der Waals surface area contributed by atoms with Crippen LogP contribution in [-0.4, -0.2) is 44.7 Å². The van der Waals surface area contributed by atoms with E-state index in [-0.39, 0.29) is 17.6 Å². The van der Waals surface area contributed by atoms with Gasteiger partial charge in [-0.2, -0.15) is 5.10 Å². The Hall–Kier alpha value is -3.13. The minimum atomic E-state index is -1.24. The fraction of sp³-hybridized carbons (Fsp3) is 0.350. The average Bonchev–Trinajstić information content (AvgIpc) is 3.19. The maximum Gasteiger partial charge on any atom is 0.341 e. The van der Waals surface area contributed by atoms with Crippen LogP contribution in [0.5, 0.6) is 5.75 Å². The van der Waals surface area contributed by atoms with E-state index >= 15 is 0 Å². The molecule has 2 aromatic heterocycles. The van der Waals surface area contributed by atoms with Gasteiger partial charge in [0.15, 0.2) is 5.43 Å². The van der Waals surface area contributed by atoms with Crippen LogP contribution in [0.25, 0.3) is 22.3 Å². The average molecular weight is 381 g/mol. The molecule has 8 heteroatoms. The zero-order valence-corrected chi connectivity index (χ0v) is 15.7. The van der Waals surface area contributed by atoms with Gasteiger partial charge in [-0.15, -0.1) is 0 Å². The van der Waals surface area contributed by atoms with Crippen LogP contribution >= 0.6 is 0 Å². The summed E-state index contributed by atoms with van der Waals surface area (Å²) < 4.78 is 15.3. The lowest BCUT2D eigenvalue weighted by molar-refractivity contribution is 0.0145. The Labute approximate surface area is 159 Å². The highest BCUT2D eigenvalue weighted by atomic mass is 16.5. The topological polar surface area (TPSA) is 95.6 Å². The second-order valence-electron chi connectivity index (χ2n) is 7.73. The number of carbonyl (C=O) groups is 1. The number of nitrogens with zero attached hydrogens (tertiary/aromatic N) is 3. The van der Waals surface area contributed by atoms with Crippen LogP contribution in [0, 0.1) is 0 Å². The molecule has 1 N–H and O–H groups in total. The first kappa shape index (κ1) is 17.0. The lowest BCUT2D eigenvalue weighted by Crippen LogP contribution is -2.38. The van der Waals surface area contributed by atoms with Gasteiger partial charge >= 0.3 is 5.97 Å². The third-order valence-corrected chi connectivity index (χ3v) is 5.78. The molecule has 8 nitrogen and oxygen atoms in total. The molecule has 0 amide bonds. The number of carboxylic acid groups (broad SMARTS) is 1. The molecule has 0 unspecified atom stereocenters. The van der Waals surface area contributed by atoms with E-state index < -0.39 is 17.0 Å². The molecule has 3 aromatic rings. The molecule has 28 heavy (non-hydrogen) atoms. The Morgan fingerprint density at radius 1 is 1.39 bits per heavy atom. The molecule has 5 rings (SSSR count). The van der Waals surface area contributed by atoms with Gasteiger partial charge in [-0.05, 0) is 19.9 Å². The van der Waals surface area contributed by atoms with Crippen molar-refractivity contribution in [2.24, 2.45) is 0 Å². The van der Waals surface area contributed by atoms with Crippen molar-refractivity contribution in [3.63, 3.8) is 0 Å². The minimum absolute atomic E-state index is 0.126. The van der Waals surface area contributed by atoms with Crippen molar-refractivity contribution in [2.45, 2.75) is 31.5 Å². The van der Waals surface area contributed by atoms with E-state index in [0.717, 1.165) is 11.1 Å². The molecule has 0 spiro atoms. The number of hydrogen-bond acceptors (Lipinski definition) is 5. The Balaban J connectivity index is 1.91. The summed E-state index contributed by atoms with van der Waals surface area (Å²) in [6.45, 7) is 4.37. The number of fused-ring (bicyclic) bond motifs is 8. The molecule has 0 bridgehead atoms. The molecule has 1 saturated heterocycles. The first-order chi connectivity index (χ1) is 13.3. The third-order valence-electron chi connectivity index (χ3n) is 5.78. The SMILES string of the molecule is COc1cccc2c3n(nc12)[C@H]1COC(C)(C)[C@H]1n1cc(C(=O)O)c(=O)cc1-3. The molecule has 144 valence electrons.